The number of methoxy groups -OCH3 is 2. The number of piperidine rings is 2. The summed E-state index contributed by atoms with van der Waals surface area (Å²) in [6.07, 6.45) is 12.5. The third kappa shape index (κ3) is 7.66. The number of aromatic nitrogens is 4. The molecular formula is C35H46BrN8O3P. The predicted octanol–water partition coefficient (Wildman–Crippen LogP) is 7.19. The van der Waals surface area contributed by atoms with Crippen molar-refractivity contribution >= 4 is 57.2 Å². The molecule has 6 rings (SSSR count). The fraction of sp³-hybridized carbons (Fsp3) is 0.457. The van der Waals surface area contributed by atoms with E-state index >= 15 is 0 Å². The molecule has 4 heterocycles. The van der Waals surface area contributed by atoms with E-state index in [1.54, 1.807) is 50.8 Å². The van der Waals surface area contributed by atoms with Gasteiger partial charge in [-0.2, -0.15) is 10.1 Å². The van der Waals surface area contributed by atoms with Gasteiger partial charge in [-0.25, -0.2) is 9.67 Å². The number of hydrogen-bond acceptors (Lipinski definition) is 10. The van der Waals surface area contributed by atoms with Crippen molar-refractivity contribution in [1.82, 2.24) is 24.6 Å². The van der Waals surface area contributed by atoms with Crippen LogP contribution in [0.1, 0.15) is 44.6 Å². The highest BCUT2D eigenvalue weighted by Crippen LogP contribution is 2.40. The fourth-order valence-corrected chi connectivity index (χ4v) is 8.19. The van der Waals surface area contributed by atoms with Gasteiger partial charge in [0.2, 0.25) is 5.95 Å². The summed E-state index contributed by atoms with van der Waals surface area (Å²) >= 11 is 3.60. The van der Waals surface area contributed by atoms with E-state index in [0.717, 1.165) is 36.6 Å². The van der Waals surface area contributed by atoms with Gasteiger partial charge in [0.25, 0.3) is 0 Å². The molecule has 2 N–H and O–H groups in total. The van der Waals surface area contributed by atoms with Gasteiger partial charge < -0.3 is 34.5 Å². The molecule has 0 saturated carbocycles. The lowest BCUT2D eigenvalue weighted by Gasteiger charge is -2.41. The van der Waals surface area contributed by atoms with E-state index in [4.69, 9.17) is 14.5 Å². The Bertz CT molecular complexity index is 1780. The second kappa shape index (κ2) is 14.9. The first kappa shape index (κ1) is 34.3. The molecule has 2 aliphatic heterocycles. The van der Waals surface area contributed by atoms with Crippen molar-refractivity contribution in [2.75, 3.05) is 69.3 Å². The van der Waals surface area contributed by atoms with E-state index in [-0.39, 0.29) is 0 Å². The van der Waals surface area contributed by atoms with Crippen LogP contribution in [0, 0.1) is 0 Å². The second-order valence-electron chi connectivity index (χ2n) is 12.9. The molecule has 48 heavy (non-hydrogen) atoms. The van der Waals surface area contributed by atoms with Crippen molar-refractivity contribution in [3.8, 4) is 17.2 Å². The third-order valence-electron chi connectivity index (χ3n) is 9.36. The average molecular weight is 738 g/mol. The number of aryl methyl sites for hydroxylation is 1. The van der Waals surface area contributed by atoms with Crippen molar-refractivity contribution in [1.29, 1.82) is 0 Å². The molecule has 13 heteroatoms. The summed E-state index contributed by atoms with van der Waals surface area (Å²) in [5, 5.41) is 11.8. The number of halogens is 1. The maximum absolute atomic E-state index is 13.5. The highest BCUT2D eigenvalue weighted by molar-refractivity contribution is 9.10. The molecular weight excluding hydrogens is 691 g/mol. The molecule has 0 radical (unpaired) electrons. The van der Waals surface area contributed by atoms with Crippen LogP contribution in [0.3, 0.4) is 0 Å². The van der Waals surface area contributed by atoms with Gasteiger partial charge in [-0.1, -0.05) is 13.3 Å². The zero-order valence-corrected chi connectivity index (χ0v) is 31.0. The van der Waals surface area contributed by atoms with E-state index in [9.17, 15) is 4.57 Å². The molecule has 11 nitrogen and oxygen atoms in total. The van der Waals surface area contributed by atoms with Crippen molar-refractivity contribution < 1.29 is 14.0 Å². The predicted molar refractivity (Wildman–Crippen MR) is 199 cm³/mol. The molecule has 2 saturated heterocycles. The molecule has 0 unspecified atom stereocenters. The molecule has 0 atom stereocenters. The van der Waals surface area contributed by atoms with E-state index in [1.165, 1.54) is 56.4 Å². The Morgan fingerprint density at radius 2 is 1.73 bits per heavy atom. The van der Waals surface area contributed by atoms with Crippen LogP contribution in [-0.2, 0) is 11.0 Å². The Hall–Kier alpha value is -3.60. The SMILES string of the molecule is CCc1cc(Nc2ncc(Br)c(Nc3ccc(-n4cc(OC)cn4)cc3P(C)(C)=O)n2)c(OC)cc1N1CCC(N2CCCCC2)CC1. The molecule has 0 bridgehead atoms. The van der Waals surface area contributed by atoms with Crippen molar-refractivity contribution in [3.05, 3.63) is 59.0 Å². The van der Waals surface area contributed by atoms with Gasteiger partial charge in [0.15, 0.2) is 5.75 Å². The largest absolute Gasteiger partial charge is 0.494 e. The van der Waals surface area contributed by atoms with Crippen LogP contribution in [0.15, 0.2) is 53.4 Å². The Kier molecular flexibility index (Phi) is 10.6. The zero-order chi connectivity index (χ0) is 33.8. The summed E-state index contributed by atoms with van der Waals surface area (Å²) in [5.41, 5.74) is 4.77. The topological polar surface area (TPSA) is 110 Å². The van der Waals surface area contributed by atoms with Gasteiger partial charge in [-0.05, 0) is 104 Å². The summed E-state index contributed by atoms with van der Waals surface area (Å²) in [7, 11) is 0.599. The lowest BCUT2D eigenvalue weighted by atomic mass is 9.98. The Morgan fingerprint density at radius 3 is 2.40 bits per heavy atom. The smallest absolute Gasteiger partial charge is 0.229 e. The molecule has 0 aliphatic carbocycles. The number of hydrogen-bond donors (Lipinski definition) is 2. The van der Waals surface area contributed by atoms with Crippen LogP contribution >= 0.6 is 23.1 Å². The number of rotatable bonds is 11. The Balaban J connectivity index is 1.22. The normalized spacial score (nSPS) is 16.2. The van der Waals surface area contributed by atoms with Gasteiger partial charge >= 0.3 is 0 Å². The highest BCUT2D eigenvalue weighted by atomic mass is 79.9. The number of anilines is 5. The maximum atomic E-state index is 13.5. The van der Waals surface area contributed by atoms with Gasteiger partial charge in [0.1, 0.15) is 18.7 Å². The molecule has 256 valence electrons. The van der Waals surface area contributed by atoms with E-state index in [1.807, 2.05) is 18.2 Å². The van der Waals surface area contributed by atoms with Crippen LogP contribution in [-0.4, -0.2) is 84.4 Å². The quantitative estimate of drug-likeness (QED) is 0.154. The first-order chi connectivity index (χ1) is 23.2. The number of nitrogens with zero attached hydrogens (tertiary/aromatic N) is 6. The number of likely N-dealkylation sites (tertiary alicyclic amines) is 1. The zero-order valence-electron chi connectivity index (χ0n) is 28.5. The first-order valence-electron chi connectivity index (χ1n) is 16.7. The molecule has 2 aliphatic rings. The number of ether oxygens (including phenoxy) is 2. The highest BCUT2D eigenvalue weighted by Gasteiger charge is 2.27. The minimum atomic E-state index is -2.70. The van der Waals surface area contributed by atoms with Crippen molar-refractivity contribution in [2.45, 2.75) is 51.5 Å². The minimum Gasteiger partial charge on any atom is -0.494 e. The number of benzene rings is 2. The second-order valence-corrected chi connectivity index (χ2v) is 16.9. The Labute approximate surface area is 291 Å². The summed E-state index contributed by atoms with van der Waals surface area (Å²) in [4.78, 5) is 14.6. The molecule has 4 aromatic rings. The van der Waals surface area contributed by atoms with Crippen LogP contribution in [0.25, 0.3) is 5.69 Å². The van der Waals surface area contributed by atoms with Crippen LogP contribution in [0.5, 0.6) is 11.5 Å². The lowest BCUT2D eigenvalue weighted by Crippen LogP contribution is -2.46. The van der Waals surface area contributed by atoms with Crippen LogP contribution < -0.4 is 30.3 Å². The monoisotopic (exact) mass is 736 g/mol. The molecule has 2 fully saturated rings. The molecule has 2 aromatic heterocycles. The van der Waals surface area contributed by atoms with Gasteiger partial charge in [0, 0.05) is 42.4 Å². The summed E-state index contributed by atoms with van der Waals surface area (Å²) in [6, 6.07) is 10.7. The molecule has 0 spiro atoms. The van der Waals surface area contributed by atoms with E-state index < -0.39 is 7.14 Å². The lowest BCUT2D eigenvalue weighted by molar-refractivity contribution is 0.141. The summed E-state index contributed by atoms with van der Waals surface area (Å²) in [6.45, 7) is 10.3. The Morgan fingerprint density at radius 1 is 0.958 bits per heavy atom. The van der Waals surface area contributed by atoms with Crippen molar-refractivity contribution in [2.24, 2.45) is 0 Å². The third-order valence-corrected chi connectivity index (χ3v) is 11.5. The van der Waals surface area contributed by atoms with Gasteiger partial charge in [-0.15, -0.1) is 0 Å². The van der Waals surface area contributed by atoms with E-state index in [2.05, 4.69) is 65.5 Å². The van der Waals surface area contributed by atoms with Gasteiger partial charge in [0.05, 0.1) is 48.1 Å². The van der Waals surface area contributed by atoms with Crippen LogP contribution in [0.2, 0.25) is 0 Å². The molecule has 2 aromatic carbocycles. The van der Waals surface area contributed by atoms with E-state index in [0.29, 0.717) is 39.0 Å². The average Bonchev–Trinajstić information content (AvgIpc) is 3.59. The first-order valence-corrected chi connectivity index (χ1v) is 20.1. The van der Waals surface area contributed by atoms with Crippen molar-refractivity contribution in [3.63, 3.8) is 0 Å². The minimum absolute atomic E-state index is 0.411. The standard InChI is InChI=1S/C35H46BrN8O3P/c1-6-24-18-30(32(47-3)20-31(24)43-16-12-25(13-17-43)42-14-8-7-9-15-42)40-35-37-22-28(36)34(41-35)39-29-11-10-26(19-33(29)48(4,5)45)44-23-27(46-2)21-38-44/h10-11,18-23,25H,6-9,12-17H2,1-5H3,(H2,37,39,40,41). The fourth-order valence-electron chi connectivity index (χ4n) is 6.74. The summed E-state index contributed by atoms with van der Waals surface area (Å²) < 4.78 is 27.0. The summed E-state index contributed by atoms with van der Waals surface area (Å²) in [5.74, 6) is 2.34. The van der Waals surface area contributed by atoms with Gasteiger partial charge in [-0.3, -0.25) is 0 Å². The number of nitrogens with one attached hydrogen (secondary N) is 2. The maximum Gasteiger partial charge on any atom is 0.229 e. The molecule has 0 amide bonds. The van der Waals surface area contributed by atoms with Crippen LogP contribution in [0.4, 0.5) is 28.8 Å².